The van der Waals surface area contributed by atoms with Crippen molar-refractivity contribution in [1.82, 2.24) is 19.9 Å². The molecule has 6 aliphatic rings. The normalized spacial score (nSPS) is 34.0. The van der Waals surface area contributed by atoms with E-state index < -0.39 is 0 Å². The van der Waals surface area contributed by atoms with Crippen LogP contribution in [0.25, 0.3) is 0 Å². The van der Waals surface area contributed by atoms with Crippen molar-refractivity contribution in [2.24, 2.45) is 35.5 Å². The molecule has 4 aromatic heterocycles. The fourth-order valence-electron chi connectivity index (χ4n) is 8.99. The van der Waals surface area contributed by atoms with E-state index >= 15 is 0 Å². The van der Waals surface area contributed by atoms with Gasteiger partial charge in [-0.25, -0.2) is 9.97 Å². The molecule has 0 unspecified atom stereocenters. The molecule has 0 spiro atoms. The summed E-state index contributed by atoms with van der Waals surface area (Å²) in [4.78, 5) is 42.2. The minimum atomic E-state index is -0.217. The molecule has 4 aliphatic heterocycles. The number of carbonyl (C=O) groups is 2. The van der Waals surface area contributed by atoms with Crippen molar-refractivity contribution in [3.8, 4) is 0 Å². The molecular formula is C37H34Cl4N6O4. The van der Waals surface area contributed by atoms with E-state index in [1.165, 1.54) is 12.4 Å². The molecule has 4 saturated heterocycles. The van der Waals surface area contributed by atoms with E-state index in [0.717, 1.165) is 24.0 Å². The zero-order valence-electron chi connectivity index (χ0n) is 26.2. The third-order valence-electron chi connectivity index (χ3n) is 11.2. The lowest BCUT2D eigenvalue weighted by Gasteiger charge is -2.27. The summed E-state index contributed by atoms with van der Waals surface area (Å²) in [6, 6.07) is 11.1. The summed E-state index contributed by atoms with van der Waals surface area (Å²) in [6.45, 7) is 0. The van der Waals surface area contributed by atoms with Crippen molar-refractivity contribution in [3.63, 3.8) is 0 Å². The maximum Gasteiger partial charge on any atom is 0.230 e. The lowest BCUT2D eigenvalue weighted by molar-refractivity contribution is -0.122. The van der Waals surface area contributed by atoms with Gasteiger partial charge in [-0.2, -0.15) is 0 Å². The molecule has 12 atom stereocenters. The summed E-state index contributed by atoms with van der Waals surface area (Å²) in [5.74, 6) is 1.81. The lowest BCUT2D eigenvalue weighted by Crippen LogP contribution is -2.37. The Morgan fingerprint density at radius 2 is 0.980 bits per heavy atom. The summed E-state index contributed by atoms with van der Waals surface area (Å²) in [6.07, 6.45) is 12.7. The largest absolute Gasteiger partial charge is 0.373 e. The average molecular weight is 769 g/mol. The number of aromatic nitrogens is 4. The molecule has 4 aromatic rings. The van der Waals surface area contributed by atoms with Crippen LogP contribution < -0.4 is 10.6 Å². The van der Waals surface area contributed by atoms with Gasteiger partial charge in [-0.1, -0.05) is 53.8 Å². The van der Waals surface area contributed by atoms with Gasteiger partial charge in [-0.05, 0) is 84.0 Å². The molecule has 2 N–H and O–H groups in total. The van der Waals surface area contributed by atoms with Crippen LogP contribution in [-0.2, 0) is 19.1 Å². The molecular weight excluding hydrogens is 734 g/mol. The molecule has 0 aromatic carbocycles. The molecule has 2 amide bonds. The Morgan fingerprint density at radius 3 is 1.35 bits per heavy atom. The summed E-state index contributed by atoms with van der Waals surface area (Å²) < 4.78 is 12.3. The smallest absolute Gasteiger partial charge is 0.230 e. The zero-order chi connectivity index (χ0) is 34.3. The molecule has 2 aliphatic carbocycles. The van der Waals surface area contributed by atoms with Crippen LogP contribution in [-0.4, -0.2) is 56.2 Å². The first-order valence-electron chi connectivity index (χ1n) is 16.6. The quantitative estimate of drug-likeness (QED) is 0.191. The van der Waals surface area contributed by atoms with Crippen molar-refractivity contribution >= 4 is 69.6 Å². The van der Waals surface area contributed by atoms with Crippen LogP contribution in [0, 0.1) is 35.5 Å². The van der Waals surface area contributed by atoms with Gasteiger partial charge in [0.1, 0.15) is 10.3 Å². The van der Waals surface area contributed by atoms with E-state index in [2.05, 4.69) is 30.6 Å². The highest BCUT2D eigenvalue weighted by Gasteiger charge is 2.69. The van der Waals surface area contributed by atoms with E-state index in [-0.39, 0.29) is 77.6 Å². The topological polar surface area (TPSA) is 128 Å². The first-order valence-corrected chi connectivity index (χ1v) is 18.1. The van der Waals surface area contributed by atoms with Gasteiger partial charge in [0, 0.05) is 36.6 Å². The van der Waals surface area contributed by atoms with E-state index in [4.69, 9.17) is 55.9 Å². The number of hydrogen-bond acceptors (Lipinski definition) is 8. The van der Waals surface area contributed by atoms with Crippen molar-refractivity contribution in [1.29, 1.82) is 0 Å². The van der Waals surface area contributed by atoms with Crippen molar-refractivity contribution in [2.75, 3.05) is 10.6 Å². The van der Waals surface area contributed by atoms with Crippen LogP contribution in [0.1, 0.15) is 43.2 Å². The summed E-state index contributed by atoms with van der Waals surface area (Å²) in [5, 5.41) is 6.94. The molecule has 51 heavy (non-hydrogen) atoms. The van der Waals surface area contributed by atoms with Crippen molar-refractivity contribution in [3.05, 3.63) is 105 Å². The number of nitrogens with one attached hydrogen (secondary N) is 2. The minimum absolute atomic E-state index is 0. The molecule has 264 valence electrons. The number of anilines is 2. The van der Waals surface area contributed by atoms with Crippen molar-refractivity contribution < 1.29 is 19.1 Å². The summed E-state index contributed by atoms with van der Waals surface area (Å²) in [7, 11) is 0. The van der Waals surface area contributed by atoms with Crippen LogP contribution in [0.3, 0.4) is 0 Å². The number of carbonyl (C=O) groups excluding carboxylic acids is 2. The third kappa shape index (κ3) is 6.17. The van der Waals surface area contributed by atoms with Gasteiger partial charge in [0.05, 0.1) is 70.1 Å². The Morgan fingerprint density at radius 1 is 0.608 bits per heavy atom. The molecule has 0 radical (unpaired) electrons. The first-order chi connectivity index (χ1) is 24.3. The number of hydrogen-bond donors (Lipinski definition) is 2. The Bertz CT molecular complexity index is 1840. The SMILES string of the molecule is C.O=C(Nc1cnc(Cl)c(Cl)c1)[C@@H]1[C@@H]2O[C@@H]([C@H]3C[C@H]32)[C@@H]1c1ccncc1.O=C(Nc1cnc(Cl)c(Cl)c1)[C@H]1[C@H]2O[C@H]([C@@H]3C[C@@H]32)[C@H]1c1ccncc1. The van der Waals surface area contributed by atoms with E-state index in [1.807, 2.05) is 24.3 Å². The second kappa shape index (κ2) is 13.5. The van der Waals surface area contributed by atoms with Crippen LogP contribution in [0.2, 0.25) is 20.4 Å². The van der Waals surface area contributed by atoms with E-state index in [9.17, 15) is 9.59 Å². The Kier molecular flexibility index (Phi) is 9.22. The Hall–Kier alpha value is -3.38. The fraction of sp³-hybridized carbons (Fsp3) is 0.405. The van der Waals surface area contributed by atoms with Gasteiger partial charge in [0.15, 0.2) is 0 Å². The zero-order valence-corrected chi connectivity index (χ0v) is 29.2. The average Bonchev–Trinajstić information content (AvgIpc) is 3.96. The molecule has 4 bridgehead atoms. The number of ether oxygens (including phenoxy) is 2. The Balaban J connectivity index is 0.000000144. The van der Waals surface area contributed by atoms with E-state index in [1.54, 1.807) is 36.9 Å². The van der Waals surface area contributed by atoms with Gasteiger partial charge in [-0.3, -0.25) is 19.6 Å². The number of rotatable bonds is 6. The highest BCUT2D eigenvalue weighted by atomic mass is 35.5. The minimum Gasteiger partial charge on any atom is -0.373 e. The number of fused-ring (bicyclic) bond motifs is 10. The second-order valence-electron chi connectivity index (χ2n) is 13.9. The summed E-state index contributed by atoms with van der Waals surface area (Å²) in [5.41, 5.74) is 3.31. The lowest BCUT2D eigenvalue weighted by atomic mass is 9.75. The maximum atomic E-state index is 13.0. The van der Waals surface area contributed by atoms with Gasteiger partial charge in [0.25, 0.3) is 0 Å². The van der Waals surface area contributed by atoms with Crippen LogP contribution in [0.4, 0.5) is 11.4 Å². The first kappa shape index (κ1) is 34.7. The van der Waals surface area contributed by atoms with Gasteiger partial charge >= 0.3 is 0 Å². The monoisotopic (exact) mass is 766 g/mol. The molecule has 8 heterocycles. The standard InChI is InChI=1S/2C18H15Cl2N3O2.CH4/c2*19-12-5-9(7-22-17(12)20)23-18(24)14-13(8-1-3-21-4-2-8)15-10-6-11(10)16(14)25-15;/h2*1-5,7,10-11,13-16H,6H2,(H,23,24);1H4/t2*10-,11+,13+,14-,15-,16+;/m10./s1. The van der Waals surface area contributed by atoms with Gasteiger partial charge < -0.3 is 20.1 Å². The molecule has 6 fully saturated rings. The third-order valence-corrected chi connectivity index (χ3v) is 12.6. The molecule has 10 nitrogen and oxygen atoms in total. The van der Waals surface area contributed by atoms with Crippen LogP contribution in [0.5, 0.6) is 0 Å². The second-order valence-corrected chi connectivity index (χ2v) is 15.4. The summed E-state index contributed by atoms with van der Waals surface area (Å²) >= 11 is 23.7. The fourth-order valence-corrected chi connectivity index (χ4v) is 9.53. The number of amides is 2. The molecule has 14 heteroatoms. The number of pyridine rings is 4. The predicted octanol–water partition coefficient (Wildman–Crippen LogP) is 7.71. The highest BCUT2D eigenvalue weighted by Crippen LogP contribution is 2.66. The Labute approximate surface area is 315 Å². The highest BCUT2D eigenvalue weighted by molar-refractivity contribution is 6.41. The maximum absolute atomic E-state index is 13.0. The molecule has 2 saturated carbocycles. The van der Waals surface area contributed by atoms with Gasteiger partial charge in [-0.15, -0.1) is 0 Å². The van der Waals surface area contributed by atoms with E-state index in [0.29, 0.717) is 45.1 Å². The molecule has 10 rings (SSSR count). The van der Waals surface area contributed by atoms with Crippen molar-refractivity contribution in [2.45, 2.75) is 56.5 Å². The van der Waals surface area contributed by atoms with Crippen LogP contribution >= 0.6 is 46.4 Å². The van der Waals surface area contributed by atoms with Gasteiger partial charge in [0.2, 0.25) is 11.8 Å². The number of nitrogens with zero attached hydrogens (tertiary/aromatic N) is 4. The number of halogens is 4. The van der Waals surface area contributed by atoms with Crippen LogP contribution in [0.15, 0.2) is 73.6 Å². The predicted molar refractivity (Wildman–Crippen MR) is 194 cm³/mol.